The lowest BCUT2D eigenvalue weighted by molar-refractivity contribution is 0.169. The summed E-state index contributed by atoms with van der Waals surface area (Å²) in [4.78, 5) is 4.16. The van der Waals surface area contributed by atoms with Crippen molar-refractivity contribution in [3.8, 4) is 23.3 Å². The standard InChI is InChI=1S/C16H16N2O3/c1-3-16(19)15-5-4-12(10-18-15)21-14-7-11(9-17)6-13(8-14)20-2/h4-8,10,16,19H,3H2,1-2H3. The average molecular weight is 284 g/mol. The van der Waals surface area contributed by atoms with Crippen LogP contribution in [0.3, 0.4) is 0 Å². The molecule has 21 heavy (non-hydrogen) atoms. The third kappa shape index (κ3) is 3.71. The van der Waals surface area contributed by atoms with Crippen molar-refractivity contribution in [2.24, 2.45) is 0 Å². The Morgan fingerprint density at radius 1 is 1.24 bits per heavy atom. The molecule has 1 unspecified atom stereocenters. The molecule has 5 heteroatoms. The molecule has 0 radical (unpaired) electrons. The van der Waals surface area contributed by atoms with E-state index in [0.29, 0.717) is 34.9 Å². The molecular weight excluding hydrogens is 268 g/mol. The summed E-state index contributed by atoms with van der Waals surface area (Å²) in [7, 11) is 1.53. The van der Waals surface area contributed by atoms with Crippen molar-refractivity contribution in [3.63, 3.8) is 0 Å². The topological polar surface area (TPSA) is 75.4 Å². The fourth-order valence-corrected chi connectivity index (χ4v) is 1.81. The minimum Gasteiger partial charge on any atom is -0.497 e. The van der Waals surface area contributed by atoms with Gasteiger partial charge in [-0.1, -0.05) is 6.92 Å². The molecule has 1 aromatic heterocycles. The maximum Gasteiger partial charge on any atom is 0.145 e. The van der Waals surface area contributed by atoms with Crippen LogP contribution in [0.1, 0.15) is 30.7 Å². The first kappa shape index (κ1) is 14.8. The predicted molar refractivity (Wildman–Crippen MR) is 77.3 cm³/mol. The van der Waals surface area contributed by atoms with E-state index in [9.17, 15) is 5.11 Å². The molecule has 0 fully saturated rings. The van der Waals surface area contributed by atoms with E-state index in [1.807, 2.05) is 6.92 Å². The second kappa shape index (κ2) is 6.73. The van der Waals surface area contributed by atoms with Crippen molar-refractivity contribution in [1.29, 1.82) is 5.26 Å². The van der Waals surface area contributed by atoms with Crippen molar-refractivity contribution in [2.45, 2.75) is 19.4 Å². The highest BCUT2D eigenvalue weighted by Crippen LogP contribution is 2.27. The number of pyridine rings is 1. The van der Waals surface area contributed by atoms with Gasteiger partial charge in [0.2, 0.25) is 0 Å². The van der Waals surface area contributed by atoms with Gasteiger partial charge < -0.3 is 14.6 Å². The number of ether oxygens (including phenoxy) is 2. The summed E-state index contributed by atoms with van der Waals surface area (Å²) in [5, 5.41) is 18.7. The van der Waals surface area contributed by atoms with Gasteiger partial charge in [0.15, 0.2) is 0 Å². The fraction of sp³-hybridized carbons (Fsp3) is 0.250. The zero-order chi connectivity index (χ0) is 15.2. The number of hydrogen-bond acceptors (Lipinski definition) is 5. The Bertz CT molecular complexity index is 648. The van der Waals surface area contributed by atoms with Gasteiger partial charge in [-0.25, -0.2) is 0 Å². The van der Waals surface area contributed by atoms with Crippen LogP contribution >= 0.6 is 0 Å². The first-order chi connectivity index (χ1) is 10.2. The maximum atomic E-state index is 9.69. The van der Waals surface area contributed by atoms with Gasteiger partial charge in [-0.2, -0.15) is 5.26 Å². The van der Waals surface area contributed by atoms with Crippen LogP contribution in [0.15, 0.2) is 36.5 Å². The molecule has 1 N–H and O–H groups in total. The molecule has 1 heterocycles. The van der Waals surface area contributed by atoms with Crippen LogP contribution in [0.25, 0.3) is 0 Å². The van der Waals surface area contributed by atoms with E-state index in [-0.39, 0.29) is 0 Å². The van der Waals surface area contributed by atoms with E-state index in [0.717, 1.165) is 0 Å². The van der Waals surface area contributed by atoms with Gasteiger partial charge in [0, 0.05) is 6.07 Å². The highest BCUT2D eigenvalue weighted by molar-refractivity contribution is 5.45. The Hall–Kier alpha value is -2.58. The second-order valence-corrected chi connectivity index (χ2v) is 4.45. The summed E-state index contributed by atoms with van der Waals surface area (Å²) in [6.07, 6.45) is 1.58. The van der Waals surface area contributed by atoms with Crippen LogP contribution in [-0.4, -0.2) is 17.2 Å². The summed E-state index contributed by atoms with van der Waals surface area (Å²) in [6, 6.07) is 10.4. The number of benzene rings is 1. The van der Waals surface area contributed by atoms with Gasteiger partial charge in [-0.3, -0.25) is 4.98 Å². The van der Waals surface area contributed by atoms with E-state index < -0.39 is 6.10 Å². The average Bonchev–Trinajstić information content (AvgIpc) is 2.54. The smallest absolute Gasteiger partial charge is 0.145 e. The van der Waals surface area contributed by atoms with E-state index in [1.54, 1.807) is 36.5 Å². The number of hydrogen-bond donors (Lipinski definition) is 1. The second-order valence-electron chi connectivity index (χ2n) is 4.45. The molecule has 0 saturated carbocycles. The van der Waals surface area contributed by atoms with Crippen molar-refractivity contribution in [2.75, 3.05) is 7.11 Å². The van der Waals surface area contributed by atoms with Crippen LogP contribution in [-0.2, 0) is 0 Å². The molecule has 0 saturated heterocycles. The van der Waals surface area contributed by atoms with Gasteiger partial charge in [-0.15, -0.1) is 0 Å². The normalized spacial score (nSPS) is 11.5. The molecule has 0 bridgehead atoms. The molecule has 2 aromatic rings. The lowest BCUT2D eigenvalue weighted by Crippen LogP contribution is -1.98. The number of methoxy groups -OCH3 is 1. The Morgan fingerprint density at radius 3 is 2.57 bits per heavy atom. The first-order valence-corrected chi connectivity index (χ1v) is 6.57. The summed E-state index contributed by atoms with van der Waals surface area (Å²) < 4.78 is 10.8. The number of rotatable bonds is 5. The minimum atomic E-state index is -0.568. The molecule has 0 aliphatic rings. The number of aliphatic hydroxyl groups is 1. The van der Waals surface area contributed by atoms with Crippen molar-refractivity contribution in [1.82, 2.24) is 4.98 Å². The van der Waals surface area contributed by atoms with E-state index in [1.165, 1.54) is 7.11 Å². The van der Waals surface area contributed by atoms with Crippen LogP contribution in [0.2, 0.25) is 0 Å². The third-order valence-electron chi connectivity index (χ3n) is 2.97. The highest BCUT2D eigenvalue weighted by Gasteiger charge is 2.07. The number of nitriles is 1. The largest absolute Gasteiger partial charge is 0.497 e. The van der Waals surface area contributed by atoms with Gasteiger partial charge >= 0.3 is 0 Å². The third-order valence-corrected chi connectivity index (χ3v) is 2.97. The van der Waals surface area contributed by atoms with Crippen molar-refractivity contribution >= 4 is 0 Å². The van der Waals surface area contributed by atoms with E-state index in [2.05, 4.69) is 11.1 Å². The minimum absolute atomic E-state index is 0.454. The van der Waals surface area contributed by atoms with Gasteiger partial charge in [0.25, 0.3) is 0 Å². The fourth-order valence-electron chi connectivity index (χ4n) is 1.81. The molecule has 5 nitrogen and oxygen atoms in total. The molecule has 0 aliphatic heterocycles. The summed E-state index contributed by atoms with van der Waals surface area (Å²) in [5.74, 6) is 1.57. The zero-order valence-corrected chi connectivity index (χ0v) is 11.9. The molecule has 0 spiro atoms. The first-order valence-electron chi connectivity index (χ1n) is 6.57. The van der Waals surface area contributed by atoms with E-state index >= 15 is 0 Å². The molecule has 1 aromatic carbocycles. The van der Waals surface area contributed by atoms with Crippen LogP contribution < -0.4 is 9.47 Å². The Kier molecular flexibility index (Phi) is 4.75. The quantitative estimate of drug-likeness (QED) is 0.912. The summed E-state index contributed by atoms with van der Waals surface area (Å²) >= 11 is 0. The van der Waals surface area contributed by atoms with Crippen LogP contribution in [0.5, 0.6) is 17.2 Å². The molecule has 1 atom stereocenters. The summed E-state index contributed by atoms with van der Waals surface area (Å²) in [6.45, 7) is 1.89. The number of aromatic nitrogens is 1. The Morgan fingerprint density at radius 2 is 2.00 bits per heavy atom. The molecular formula is C16H16N2O3. The van der Waals surface area contributed by atoms with Crippen LogP contribution in [0, 0.1) is 11.3 Å². The SMILES string of the molecule is CCC(O)c1ccc(Oc2cc(C#N)cc(OC)c2)cn1. The molecule has 108 valence electrons. The number of aliphatic hydroxyl groups excluding tert-OH is 1. The molecule has 0 amide bonds. The lowest BCUT2D eigenvalue weighted by atomic mass is 10.2. The molecule has 0 aliphatic carbocycles. The monoisotopic (exact) mass is 284 g/mol. The Balaban J connectivity index is 2.20. The summed E-state index contributed by atoms with van der Waals surface area (Å²) in [5.41, 5.74) is 1.06. The van der Waals surface area contributed by atoms with Crippen molar-refractivity contribution < 1.29 is 14.6 Å². The Labute approximate surface area is 123 Å². The highest BCUT2D eigenvalue weighted by atomic mass is 16.5. The predicted octanol–water partition coefficient (Wildman–Crippen LogP) is 3.20. The van der Waals surface area contributed by atoms with E-state index in [4.69, 9.17) is 14.7 Å². The van der Waals surface area contributed by atoms with Crippen LogP contribution in [0.4, 0.5) is 0 Å². The maximum absolute atomic E-state index is 9.69. The van der Waals surface area contributed by atoms with Gasteiger partial charge in [0.1, 0.15) is 17.2 Å². The van der Waals surface area contributed by atoms with Crippen molar-refractivity contribution in [3.05, 3.63) is 47.8 Å². The van der Waals surface area contributed by atoms with Gasteiger partial charge in [-0.05, 0) is 30.7 Å². The number of nitrogens with zero attached hydrogens (tertiary/aromatic N) is 2. The zero-order valence-electron chi connectivity index (χ0n) is 11.9. The lowest BCUT2D eigenvalue weighted by Gasteiger charge is -2.10. The molecule has 2 rings (SSSR count). The van der Waals surface area contributed by atoms with Gasteiger partial charge in [0.05, 0.1) is 36.7 Å².